The summed E-state index contributed by atoms with van der Waals surface area (Å²) < 4.78 is 15.9. The van der Waals surface area contributed by atoms with E-state index in [2.05, 4.69) is 4.98 Å². The second-order valence-corrected chi connectivity index (χ2v) is 4.19. The predicted octanol–water partition coefficient (Wildman–Crippen LogP) is 1.25. The van der Waals surface area contributed by atoms with E-state index in [-0.39, 0.29) is 11.7 Å². The van der Waals surface area contributed by atoms with Crippen LogP contribution in [-0.4, -0.2) is 38.2 Å². The Balaban J connectivity index is 2.20. The highest BCUT2D eigenvalue weighted by molar-refractivity contribution is 5.82. The van der Waals surface area contributed by atoms with Crippen LogP contribution in [0.3, 0.4) is 0 Å². The van der Waals surface area contributed by atoms with Crippen molar-refractivity contribution >= 4 is 5.78 Å². The number of ether oxygens (including phenoxy) is 3. The molecule has 1 aliphatic heterocycles. The molecule has 0 spiro atoms. The lowest BCUT2D eigenvalue weighted by Gasteiger charge is -2.21. The highest BCUT2D eigenvalue weighted by Crippen LogP contribution is 2.31. The zero-order chi connectivity index (χ0) is 13.0. The van der Waals surface area contributed by atoms with Crippen LogP contribution < -0.4 is 9.47 Å². The molecule has 5 heteroatoms. The second kappa shape index (κ2) is 5.82. The van der Waals surface area contributed by atoms with Crippen LogP contribution in [0.4, 0.5) is 0 Å². The molecule has 0 radical (unpaired) electrons. The number of hydrogen-bond acceptors (Lipinski definition) is 5. The summed E-state index contributed by atoms with van der Waals surface area (Å²) in [6.07, 6.45) is 2.67. The normalized spacial score (nSPS) is 19.7. The van der Waals surface area contributed by atoms with E-state index in [9.17, 15) is 4.79 Å². The largest absolute Gasteiger partial charge is 0.493 e. The van der Waals surface area contributed by atoms with Gasteiger partial charge in [-0.25, -0.2) is 0 Å². The molecule has 0 bridgehead atoms. The molecule has 1 saturated heterocycles. The molecule has 0 aliphatic carbocycles. The Morgan fingerprint density at radius 3 is 2.94 bits per heavy atom. The number of pyridine rings is 1. The third-order valence-electron chi connectivity index (χ3n) is 3.07. The minimum atomic E-state index is -0.132. The molecule has 1 fully saturated rings. The number of ketones is 1. The van der Waals surface area contributed by atoms with E-state index >= 15 is 0 Å². The summed E-state index contributed by atoms with van der Waals surface area (Å²) in [7, 11) is 3.15. The molecule has 0 aromatic carbocycles. The monoisotopic (exact) mass is 251 g/mol. The first-order valence-corrected chi connectivity index (χ1v) is 5.92. The quantitative estimate of drug-likeness (QED) is 0.806. The minimum absolute atomic E-state index is 0.132. The fraction of sp³-hybridized carbons (Fsp3) is 0.538. The summed E-state index contributed by atoms with van der Waals surface area (Å²) in [4.78, 5) is 16.0. The van der Waals surface area contributed by atoms with Crippen molar-refractivity contribution in [3.63, 3.8) is 0 Å². The van der Waals surface area contributed by atoms with Gasteiger partial charge in [0.15, 0.2) is 11.5 Å². The fourth-order valence-corrected chi connectivity index (χ4v) is 2.10. The summed E-state index contributed by atoms with van der Waals surface area (Å²) in [6, 6.07) is 1.74. The lowest BCUT2D eigenvalue weighted by molar-refractivity contribution is -0.130. The van der Waals surface area contributed by atoms with E-state index in [0.717, 1.165) is 5.69 Å². The van der Waals surface area contributed by atoms with Gasteiger partial charge in [0.2, 0.25) is 0 Å². The van der Waals surface area contributed by atoms with Gasteiger partial charge in [-0.3, -0.25) is 9.78 Å². The van der Waals surface area contributed by atoms with Crippen LogP contribution in [0.1, 0.15) is 12.1 Å². The highest BCUT2D eigenvalue weighted by Gasteiger charge is 2.25. The SMILES string of the molecule is COc1ccnc(CC2COCCC2=O)c1OC. The van der Waals surface area contributed by atoms with Gasteiger partial charge in [0.05, 0.1) is 33.1 Å². The Labute approximate surface area is 106 Å². The first kappa shape index (κ1) is 12.8. The van der Waals surface area contributed by atoms with Crippen LogP contribution in [0.2, 0.25) is 0 Å². The Bertz CT molecular complexity index is 433. The average Bonchev–Trinajstić information content (AvgIpc) is 2.41. The molecule has 5 nitrogen and oxygen atoms in total. The van der Waals surface area contributed by atoms with Crippen molar-refractivity contribution in [2.45, 2.75) is 12.8 Å². The van der Waals surface area contributed by atoms with Crippen LogP contribution in [-0.2, 0) is 16.0 Å². The maximum Gasteiger partial charge on any atom is 0.182 e. The Hall–Kier alpha value is -1.62. The van der Waals surface area contributed by atoms with Gasteiger partial charge in [-0.2, -0.15) is 0 Å². The van der Waals surface area contributed by atoms with Gasteiger partial charge >= 0.3 is 0 Å². The van der Waals surface area contributed by atoms with Gasteiger partial charge in [0.25, 0.3) is 0 Å². The zero-order valence-corrected chi connectivity index (χ0v) is 10.6. The number of nitrogens with zero attached hydrogens (tertiary/aromatic N) is 1. The molecular formula is C13H17NO4. The smallest absolute Gasteiger partial charge is 0.182 e. The van der Waals surface area contributed by atoms with Crippen molar-refractivity contribution in [1.82, 2.24) is 4.98 Å². The molecule has 1 aromatic heterocycles. The molecule has 1 atom stereocenters. The van der Waals surface area contributed by atoms with Crippen molar-refractivity contribution in [2.24, 2.45) is 5.92 Å². The molecule has 0 N–H and O–H groups in total. The molecule has 0 amide bonds. The lowest BCUT2D eigenvalue weighted by Crippen LogP contribution is -2.29. The van der Waals surface area contributed by atoms with E-state index in [1.165, 1.54) is 0 Å². The topological polar surface area (TPSA) is 57.7 Å². The second-order valence-electron chi connectivity index (χ2n) is 4.19. The van der Waals surface area contributed by atoms with Gasteiger partial charge < -0.3 is 14.2 Å². The highest BCUT2D eigenvalue weighted by atomic mass is 16.5. The summed E-state index contributed by atoms with van der Waals surface area (Å²) in [6.45, 7) is 0.985. The summed E-state index contributed by atoms with van der Waals surface area (Å²) in [5, 5.41) is 0. The van der Waals surface area contributed by atoms with Gasteiger partial charge in [-0.15, -0.1) is 0 Å². The Morgan fingerprint density at radius 1 is 1.44 bits per heavy atom. The van der Waals surface area contributed by atoms with Gasteiger partial charge in [0.1, 0.15) is 5.78 Å². The standard InChI is InChI=1S/C13H17NO4/c1-16-12-3-5-14-10(13(12)17-2)7-9-8-18-6-4-11(9)15/h3,5,9H,4,6-8H2,1-2H3. The van der Waals surface area contributed by atoms with E-state index in [1.54, 1.807) is 26.5 Å². The van der Waals surface area contributed by atoms with Crippen molar-refractivity contribution in [2.75, 3.05) is 27.4 Å². The first-order valence-electron chi connectivity index (χ1n) is 5.92. The zero-order valence-electron chi connectivity index (χ0n) is 10.6. The van der Waals surface area contributed by atoms with Gasteiger partial charge in [0, 0.05) is 31.0 Å². The maximum atomic E-state index is 11.8. The lowest BCUT2D eigenvalue weighted by atomic mass is 9.95. The summed E-state index contributed by atoms with van der Waals surface area (Å²) in [5.41, 5.74) is 0.737. The summed E-state index contributed by atoms with van der Waals surface area (Å²) >= 11 is 0. The summed E-state index contributed by atoms with van der Waals surface area (Å²) in [5.74, 6) is 1.32. The van der Waals surface area contributed by atoms with E-state index < -0.39 is 0 Å². The number of carbonyl (C=O) groups excluding carboxylic acids is 1. The average molecular weight is 251 g/mol. The molecule has 2 heterocycles. The Morgan fingerprint density at radius 2 is 2.28 bits per heavy atom. The molecule has 1 aliphatic rings. The minimum Gasteiger partial charge on any atom is -0.493 e. The fourth-order valence-electron chi connectivity index (χ4n) is 2.10. The molecule has 1 aromatic rings. The number of rotatable bonds is 4. The third-order valence-corrected chi connectivity index (χ3v) is 3.07. The van der Waals surface area contributed by atoms with Gasteiger partial charge in [-0.05, 0) is 0 Å². The number of hydrogen-bond donors (Lipinski definition) is 0. The molecule has 1 unspecified atom stereocenters. The van der Waals surface area contributed by atoms with Crippen LogP contribution in [0.5, 0.6) is 11.5 Å². The van der Waals surface area contributed by atoms with E-state index in [4.69, 9.17) is 14.2 Å². The van der Waals surface area contributed by atoms with Crippen molar-refractivity contribution < 1.29 is 19.0 Å². The number of aromatic nitrogens is 1. The van der Waals surface area contributed by atoms with Crippen molar-refractivity contribution in [3.8, 4) is 11.5 Å². The molecule has 18 heavy (non-hydrogen) atoms. The number of carbonyl (C=O) groups is 1. The number of methoxy groups -OCH3 is 2. The van der Waals surface area contributed by atoms with Gasteiger partial charge in [-0.1, -0.05) is 0 Å². The molecule has 2 rings (SSSR count). The van der Waals surface area contributed by atoms with E-state index in [0.29, 0.717) is 37.6 Å². The maximum absolute atomic E-state index is 11.8. The van der Waals surface area contributed by atoms with Crippen molar-refractivity contribution in [1.29, 1.82) is 0 Å². The molecular weight excluding hydrogens is 234 g/mol. The van der Waals surface area contributed by atoms with E-state index in [1.807, 2.05) is 0 Å². The van der Waals surface area contributed by atoms with Crippen molar-refractivity contribution in [3.05, 3.63) is 18.0 Å². The van der Waals surface area contributed by atoms with Crippen LogP contribution >= 0.6 is 0 Å². The predicted molar refractivity (Wildman–Crippen MR) is 65.0 cm³/mol. The van der Waals surface area contributed by atoms with Crippen LogP contribution in [0.25, 0.3) is 0 Å². The molecule has 0 saturated carbocycles. The van der Waals surface area contributed by atoms with Crippen LogP contribution in [0.15, 0.2) is 12.3 Å². The molecule has 98 valence electrons. The van der Waals surface area contributed by atoms with Crippen LogP contribution in [0, 0.1) is 5.92 Å². The number of Topliss-reactive ketones (excluding diaryl/α,β-unsaturated/α-hetero) is 1. The first-order chi connectivity index (χ1) is 8.76. The Kier molecular flexibility index (Phi) is 4.15. The third kappa shape index (κ3) is 2.61.